The van der Waals surface area contributed by atoms with Crippen LogP contribution < -0.4 is 14.8 Å². The van der Waals surface area contributed by atoms with Crippen molar-refractivity contribution in [2.24, 2.45) is 0 Å². The third-order valence-electron chi connectivity index (χ3n) is 4.12. The molecule has 0 radical (unpaired) electrons. The van der Waals surface area contributed by atoms with Crippen molar-refractivity contribution in [1.29, 1.82) is 0 Å². The largest absolute Gasteiger partial charge is 0.493 e. The molecule has 0 unspecified atom stereocenters. The molecule has 0 aromatic heterocycles. The van der Waals surface area contributed by atoms with E-state index in [0.717, 1.165) is 11.1 Å². The van der Waals surface area contributed by atoms with Crippen molar-refractivity contribution >= 4 is 23.2 Å². The number of ether oxygens (including phenoxy) is 2. The molecule has 2 rings (SSSR count). The van der Waals surface area contributed by atoms with Crippen LogP contribution in [0.5, 0.6) is 11.5 Å². The Bertz CT molecular complexity index is 756. The number of aryl methyl sites for hydroxylation is 1. The average molecular weight is 348 g/mol. The lowest BCUT2D eigenvalue weighted by molar-refractivity contribution is -0.120. The lowest BCUT2D eigenvalue weighted by Crippen LogP contribution is -2.35. The van der Waals surface area contributed by atoms with E-state index in [4.69, 9.17) is 21.1 Å². The second-order valence-corrected chi connectivity index (χ2v) is 6.54. The first kappa shape index (κ1) is 18.1. The van der Waals surface area contributed by atoms with Crippen LogP contribution in [-0.2, 0) is 10.2 Å². The van der Waals surface area contributed by atoms with Gasteiger partial charge in [0, 0.05) is 10.7 Å². The van der Waals surface area contributed by atoms with Crippen molar-refractivity contribution in [2.75, 3.05) is 19.5 Å². The first-order valence-electron chi connectivity index (χ1n) is 7.59. The van der Waals surface area contributed by atoms with E-state index < -0.39 is 5.41 Å². The summed E-state index contributed by atoms with van der Waals surface area (Å²) in [7, 11) is 3.15. The van der Waals surface area contributed by atoms with Crippen LogP contribution in [0.1, 0.15) is 25.0 Å². The quantitative estimate of drug-likeness (QED) is 0.861. The van der Waals surface area contributed by atoms with Crippen LogP contribution in [0.3, 0.4) is 0 Å². The standard InChI is InChI=1S/C19H22ClNO3/c1-12-6-8-14(20)11-15(12)21-18(22)19(2,3)13-7-9-16(23-4)17(10-13)24-5/h6-11H,1-5H3,(H,21,22). The zero-order valence-electron chi connectivity index (χ0n) is 14.6. The van der Waals surface area contributed by atoms with Gasteiger partial charge in [-0.25, -0.2) is 0 Å². The second-order valence-electron chi connectivity index (χ2n) is 6.11. The van der Waals surface area contributed by atoms with Gasteiger partial charge in [-0.1, -0.05) is 23.7 Å². The fraction of sp³-hybridized carbons (Fsp3) is 0.316. The Morgan fingerprint density at radius 1 is 1.04 bits per heavy atom. The molecule has 5 heteroatoms. The first-order chi connectivity index (χ1) is 11.3. The van der Waals surface area contributed by atoms with Crippen LogP contribution in [0, 0.1) is 6.92 Å². The summed E-state index contributed by atoms with van der Waals surface area (Å²) in [5, 5.41) is 3.54. The van der Waals surface area contributed by atoms with E-state index in [0.29, 0.717) is 22.2 Å². The van der Waals surface area contributed by atoms with Gasteiger partial charge in [-0.2, -0.15) is 0 Å². The van der Waals surface area contributed by atoms with E-state index in [1.165, 1.54) is 0 Å². The number of carbonyl (C=O) groups excluding carboxylic acids is 1. The molecule has 0 saturated heterocycles. The van der Waals surface area contributed by atoms with Gasteiger partial charge in [-0.15, -0.1) is 0 Å². The summed E-state index contributed by atoms with van der Waals surface area (Å²) in [6.07, 6.45) is 0. The maximum atomic E-state index is 12.8. The van der Waals surface area contributed by atoms with Gasteiger partial charge in [0.1, 0.15) is 0 Å². The average Bonchev–Trinajstić information content (AvgIpc) is 2.57. The lowest BCUT2D eigenvalue weighted by atomic mass is 9.83. The predicted molar refractivity (Wildman–Crippen MR) is 97.4 cm³/mol. The molecule has 1 amide bonds. The third kappa shape index (κ3) is 3.65. The van der Waals surface area contributed by atoms with Gasteiger partial charge < -0.3 is 14.8 Å². The first-order valence-corrected chi connectivity index (χ1v) is 7.97. The Hall–Kier alpha value is -2.20. The Morgan fingerprint density at radius 2 is 1.71 bits per heavy atom. The van der Waals surface area contributed by atoms with E-state index in [2.05, 4.69) is 5.32 Å². The van der Waals surface area contributed by atoms with E-state index in [9.17, 15) is 4.79 Å². The molecule has 0 fully saturated rings. The molecule has 2 aromatic carbocycles. The van der Waals surface area contributed by atoms with Crippen molar-refractivity contribution < 1.29 is 14.3 Å². The molecule has 0 spiro atoms. The summed E-state index contributed by atoms with van der Waals surface area (Å²) in [5.41, 5.74) is 1.74. The molecule has 0 aliphatic rings. The fourth-order valence-corrected chi connectivity index (χ4v) is 2.54. The number of amides is 1. The number of carbonyl (C=O) groups is 1. The Labute approximate surface area is 147 Å². The summed E-state index contributed by atoms with van der Waals surface area (Å²) in [4.78, 5) is 12.8. The number of hydrogen-bond acceptors (Lipinski definition) is 3. The molecule has 0 heterocycles. The van der Waals surface area contributed by atoms with Gasteiger partial charge in [0.25, 0.3) is 0 Å². The normalized spacial score (nSPS) is 11.1. The molecule has 128 valence electrons. The van der Waals surface area contributed by atoms with E-state index in [1.807, 2.05) is 39.0 Å². The van der Waals surface area contributed by atoms with Crippen molar-refractivity contribution in [2.45, 2.75) is 26.2 Å². The highest BCUT2D eigenvalue weighted by Gasteiger charge is 2.31. The highest BCUT2D eigenvalue weighted by molar-refractivity contribution is 6.31. The van der Waals surface area contributed by atoms with Crippen LogP contribution in [0.15, 0.2) is 36.4 Å². The summed E-state index contributed by atoms with van der Waals surface area (Å²) in [5.74, 6) is 1.10. The topological polar surface area (TPSA) is 47.6 Å². The van der Waals surface area contributed by atoms with Crippen molar-refractivity contribution in [3.63, 3.8) is 0 Å². The van der Waals surface area contributed by atoms with Crippen molar-refractivity contribution in [3.8, 4) is 11.5 Å². The van der Waals surface area contributed by atoms with Gasteiger partial charge in [0.2, 0.25) is 5.91 Å². The van der Waals surface area contributed by atoms with Crippen LogP contribution in [0.2, 0.25) is 5.02 Å². The number of hydrogen-bond donors (Lipinski definition) is 1. The van der Waals surface area contributed by atoms with Crippen LogP contribution in [0.25, 0.3) is 0 Å². The Balaban J connectivity index is 2.32. The zero-order valence-corrected chi connectivity index (χ0v) is 15.3. The van der Waals surface area contributed by atoms with Gasteiger partial charge in [0.15, 0.2) is 11.5 Å². The van der Waals surface area contributed by atoms with Crippen LogP contribution in [-0.4, -0.2) is 20.1 Å². The predicted octanol–water partition coefficient (Wildman–Crippen LogP) is 4.58. The number of methoxy groups -OCH3 is 2. The summed E-state index contributed by atoms with van der Waals surface area (Å²) in [6.45, 7) is 5.66. The summed E-state index contributed by atoms with van der Waals surface area (Å²) < 4.78 is 10.6. The van der Waals surface area contributed by atoms with E-state index >= 15 is 0 Å². The molecule has 0 saturated carbocycles. The molecular formula is C19H22ClNO3. The number of halogens is 1. The third-order valence-corrected chi connectivity index (χ3v) is 4.36. The minimum atomic E-state index is -0.756. The Kier molecular flexibility index (Phi) is 5.40. The minimum Gasteiger partial charge on any atom is -0.493 e. The molecule has 24 heavy (non-hydrogen) atoms. The van der Waals surface area contributed by atoms with Crippen molar-refractivity contribution in [3.05, 3.63) is 52.5 Å². The second kappa shape index (κ2) is 7.14. The number of rotatable bonds is 5. The number of benzene rings is 2. The minimum absolute atomic E-state index is 0.125. The SMILES string of the molecule is COc1ccc(C(C)(C)C(=O)Nc2cc(Cl)ccc2C)cc1OC. The monoisotopic (exact) mass is 347 g/mol. The molecule has 0 atom stereocenters. The molecule has 1 N–H and O–H groups in total. The molecule has 2 aromatic rings. The van der Waals surface area contributed by atoms with Crippen LogP contribution >= 0.6 is 11.6 Å². The molecule has 0 aliphatic carbocycles. The highest BCUT2D eigenvalue weighted by Crippen LogP contribution is 2.34. The number of nitrogens with one attached hydrogen (secondary N) is 1. The van der Waals surface area contributed by atoms with Gasteiger partial charge in [-0.3, -0.25) is 4.79 Å². The summed E-state index contributed by atoms with van der Waals surface area (Å²) >= 11 is 6.02. The fourth-order valence-electron chi connectivity index (χ4n) is 2.36. The Morgan fingerprint density at radius 3 is 2.33 bits per heavy atom. The van der Waals surface area contributed by atoms with E-state index in [-0.39, 0.29) is 5.91 Å². The maximum Gasteiger partial charge on any atom is 0.234 e. The summed E-state index contributed by atoms with van der Waals surface area (Å²) in [6, 6.07) is 10.9. The molecular weight excluding hydrogens is 326 g/mol. The van der Waals surface area contributed by atoms with Crippen LogP contribution in [0.4, 0.5) is 5.69 Å². The van der Waals surface area contributed by atoms with Gasteiger partial charge in [0.05, 0.1) is 19.6 Å². The molecule has 0 aliphatic heterocycles. The maximum absolute atomic E-state index is 12.8. The lowest BCUT2D eigenvalue weighted by Gasteiger charge is -2.25. The van der Waals surface area contributed by atoms with Gasteiger partial charge in [-0.05, 0) is 56.2 Å². The smallest absolute Gasteiger partial charge is 0.234 e. The van der Waals surface area contributed by atoms with Crippen molar-refractivity contribution in [1.82, 2.24) is 0 Å². The zero-order chi connectivity index (χ0) is 17.9. The molecule has 4 nitrogen and oxygen atoms in total. The highest BCUT2D eigenvalue weighted by atomic mass is 35.5. The van der Waals surface area contributed by atoms with E-state index in [1.54, 1.807) is 32.4 Å². The molecule has 0 bridgehead atoms. The van der Waals surface area contributed by atoms with Gasteiger partial charge >= 0.3 is 0 Å². The number of anilines is 1.